The first-order valence-corrected chi connectivity index (χ1v) is 7.93. The van der Waals surface area contributed by atoms with Crippen LogP contribution in [0.5, 0.6) is 0 Å². The number of rotatable bonds is 4. The van der Waals surface area contributed by atoms with Crippen molar-refractivity contribution in [1.29, 1.82) is 0 Å². The second-order valence-electron chi connectivity index (χ2n) is 5.04. The van der Waals surface area contributed by atoms with E-state index in [2.05, 4.69) is 24.9 Å². The van der Waals surface area contributed by atoms with Gasteiger partial charge in [-0.2, -0.15) is 11.8 Å². The molecule has 0 radical (unpaired) electrons. The van der Waals surface area contributed by atoms with E-state index in [4.69, 9.17) is 17.3 Å². The second-order valence-corrected chi connectivity index (χ2v) is 6.63. The van der Waals surface area contributed by atoms with Gasteiger partial charge in [0.05, 0.1) is 0 Å². The van der Waals surface area contributed by atoms with Crippen LogP contribution in [-0.4, -0.2) is 35.5 Å². The predicted molar refractivity (Wildman–Crippen MR) is 81.3 cm³/mol. The average molecular weight is 285 g/mol. The number of nitrogens with two attached hydrogens (primary N) is 1. The molecule has 2 N–H and O–H groups in total. The van der Waals surface area contributed by atoms with Crippen molar-refractivity contribution in [2.75, 3.05) is 18.6 Å². The van der Waals surface area contributed by atoms with Gasteiger partial charge in [-0.05, 0) is 43.8 Å². The molecule has 1 fully saturated rings. The van der Waals surface area contributed by atoms with Crippen LogP contribution in [0.4, 0.5) is 0 Å². The number of likely N-dealkylation sites (N-methyl/N-ethyl adjacent to an activating group) is 1. The van der Waals surface area contributed by atoms with E-state index in [0.29, 0.717) is 6.04 Å². The summed E-state index contributed by atoms with van der Waals surface area (Å²) in [7, 11) is 2.19. The van der Waals surface area contributed by atoms with Crippen LogP contribution in [0.15, 0.2) is 24.3 Å². The van der Waals surface area contributed by atoms with Gasteiger partial charge in [0.25, 0.3) is 0 Å². The fraction of sp³-hybridized carbons (Fsp3) is 0.571. The minimum atomic E-state index is 0.0964. The fourth-order valence-electron chi connectivity index (χ4n) is 2.67. The first-order valence-electron chi connectivity index (χ1n) is 6.40. The topological polar surface area (TPSA) is 29.3 Å². The molecule has 100 valence electrons. The maximum atomic E-state index is 6.20. The molecule has 1 saturated heterocycles. The van der Waals surface area contributed by atoms with Crippen LogP contribution < -0.4 is 5.73 Å². The van der Waals surface area contributed by atoms with Crippen molar-refractivity contribution < 1.29 is 0 Å². The molecule has 0 aromatic heterocycles. The van der Waals surface area contributed by atoms with Crippen LogP contribution in [0.2, 0.25) is 5.02 Å². The summed E-state index contributed by atoms with van der Waals surface area (Å²) in [6.07, 6.45) is 1.25. The molecule has 1 aromatic rings. The summed E-state index contributed by atoms with van der Waals surface area (Å²) in [5.41, 5.74) is 7.42. The Morgan fingerprint density at radius 3 is 2.83 bits per heavy atom. The number of hydrogen-bond acceptors (Lipinski definition) is 3. The lowest BCUT2D eigenvalue weighted by atomic mass is 9.98. The Balaban J connectivity index is 2.22. The first kappa shape index (κ1) is 14.2. The Kier molecular flexibility index (Phi) is 4.96. The number of benzene rings is 1. The summed E-state index contributed by atoms with van der Waals surface area (Å²) < 4.78 is 0. The van der Waals surface area contributed by atoms with Crippen LogP contribution in [0.25, 0.3) is 0 Å². The van der Waals surface area contributed by atoms with Crippen LogP contribution in [-0.2, 0) is 0 Å². The van der Waals surface area contributed by atoms with Gasteiger partial charge in [0, 0.05) is 28.9 Å². The van der Waals surface area contributed by atoms with Crippen molar-refractivity contribution in [1.82, 2.24) is 4.90 Å². The molecule has 4 heteroatoms. The van der Waals surface area contributed by atoms with E-state index < -0.39 is 0 Å². The molecule has 0 spiro atoms. The quantitative estimate of drug-likeness (QED) is 0.921. The molecule has 1 heterocycles. The van der Waals surface area contributed by atoms with E-state index in [9.17, 15) is 0 Å². The zero-order valence-corrected chi connectivity index (χ0v) is 12.5. The Hall–Kier alpha value is -0.220. The Morgan fingerprint density at radius 1 is 1.50 bits per heavy atom. The smallest absolute Gasteiger partial charge is 0.0497 e. The normalized spacial score (nSPS) is 23.3. The number of hydrogen-bond donors (Lipinski definition) is 1. The molecule has 2 rings (SSSR count). The maximum absolute atomic E-state index is 6.20. The zero-order valence-electron chi connectivity index (χ0n) is 11.0. The van der Waals surface area contributed by atoms with Gasteiger partial charge in [-0.25, -0.2) is 0 Å². The second kappa shape index (κ2) is 6.29. The van der Waals surface area contributed by atoms with Gasteiger partial charge in [-0.3, -0.25) is 4.90 Å². The minimum absolute atomic E-state index is 0.0964. The third-order valence-corrected chi connectivity index (χ3v) is 4.99. The molecule has 0 bridgehead atoms. The summed E-state index contributed by atoms with van der Waals surface area (Å²) in [4.78, 5) is 2.43. The monoisotopic (exact) mass is 284 g/mol. The standard InChI is InChI=1S/C14H21ClN2S/c1-10(16)14(11-4-3-5-12(15)8-11)17(2)13-6-7-18-9-13/h3-5,8,10,13-14H,6-7,9,16H2,1-2H3. The average Bonchev–Trinajstić information content (AvgIpc) is 2.82. The summed E-state index contributed by atoms with van der Waals surface area (Å²) in [5.74, 6) is 2.47. The molecule has 3 atom stereocenters. The number of halogens is 1. The van der Waals surface area contributed by atoms with Crippen molar-refractivity contribution >= 4 is 23.4 Å². The summed E-state index contributed by atoms with van der Waals surface area (Å²) in [5, 5.41) is 0.785. The highest BCUT2D eigenvalue weighted by Gasteiger charge is 2.29. The van der Waals surface area contributed by atoms with E-state index in [-0.39, 0.29) is 12.1 Å². The van der Waals surface area contributed by atoms with Gasteiger partial charge < -0.3 is 5.73 Å². The van der Waals surface area contributed by atoms with Crippen molar-refractivity contribution in [3.05, 3.63) is 34.9 Å². The molecule has 1 aliphatic rings. The zero-order chi connectivity index (χ0) is 13.1. The molecule has 0 amide bonds. The highest BCUT2D eigenvalue weighted by Crippen LogP contribution is 2.31. The summed E-state index contributed by atoms with van der Waals surface area (Å²) in [6.45, 7) is 2.07. The Morgan fingerprint density at radius 2 is 2.28 bits per heavy atom. The van der Waals surface area contributed by atoms with Crippen LogP contribution in [0.3, 0.4) is 0 Å². The molecule has 2 nitrogen and oxygen atoms in total. The van der Waals surface area contributed by atoms with Crippen molar-refractivity contribution in [2.24, 2.45) is 5.73 Å². The number of thioether (sulfide) groups is 1. The van der Waals surface area contributed by atoms with Crippen LogP contribution >= 0.6 is 23.4 Å². The van der Waals surface area contributed by atoms with E-state index in [1.54, 1.807) is 0 Å². The minimum Gasteiger partial charge on any atom is -0.326 e. The van der Waals surface area contributed by atoms with Gasteiger partial charge in [0.2, 0.25) is 0 Å². The van der Waals surface area contributed by atoms with E-state index in [1.165, 1.54) is 23.5 Å². The van der Waals surface area contributed by atoms with Gasteiger partial charge in [-0.1, -0.05) is 23.7 Å². The molecular formula is C14H21ClN2S. The molecular weight excluding hydrogens is 264 g/mol. The Labute approximate surface area is 119 Å². The molecule has 0 aliphatic carbocycles. The predicted octanol–water partition coefficient (Wildman–Crippen LogP) is 3.17. The lowest BCUT2D eigenvalue weighted by Gasteiger charge is -2.35. The highest BCUT2D eigenvalue weighted by atomic mass is 35.5. The van der Waals surface area contributed by atoms with Gasteiger partial charge in [0.15, 0.2) is 0 Å². The fourth-order valence-corrected chi connectivity index (χ4v) is 4.15. The number of nitrogens with zero attached hydrogens (tertiary/aromatic N) is 1. The van der Waals surface area contributed by atoms with E-state index >= 15 is 0 Å². The first-order chi connectivity index (χ1) is 8.59. The molecule has 3 unspecified atom stereocenters. The molecule has 1 aromatic carbocycles. The lowest BCUT2D eigenvalue weighted by Crippen LogP contribution is -2.43. The largest absolute Gasteiger partial charge is 0.326 e. The van der Waals surface area contributed by atoms with Crippen LogP contribution in [0, 0.1) is 0 Å². The SMILES string of the molecule is CC(N)C(c1cccc(Cl)c1)N(C)C1CCSC1. The van der Waals surface area contributed by atoms with Gasteiger partial charge in [-0.15, -0.1) is 0 Å². The van der Waals surface area contributed by atoms with Gasteiger partial charge >= 0.3 is 0 Å². The van der Waals surface area contributed by atoms with E-state index in [0.717, 1.165) is 5.02 Å². The molecule has 18 heavy (non-hydrogen) atoms. The summed E-state index contributed by atoms with van der Waals surface area (Å²) >= 11 is 8.12. The molecule has 1 aliphatic heterocycles. The van der Waals surface area contributed by atoms with Crippen molar-refractivity contribution in [2.45, 2.75) is 31.5 Å². The molecule has 0 saturated carbocycles. The lowest BCUT2D eigenvalue weighted by molar-refractivity contribution is 0.168. The maximum Gasteiger partial charge on any atom is 0.0497 e. The van der Waals surface area contributed by atoms with Crippen molar-refractivity contribution in [3.63, 3.8) is 0 Å². The summed E-state index contributed by atoms with van der Waals surface area (Å²) in [6, 6.07) is 9.04. The van der Waals surface area contributed by atoms with Gasteiger partial charge in [0.1, 0.15) is 0 Å². The third kappa shape index (κ3) is 3.21. The highest BCUT2D eigenvalue weighted by molar-refractivity contribution is 7.99. The Bertz CT molecular complexity index is 391. The van der Waals surface area contributed by atoms with E-state index in [1.807, 2.05) is 30.0 Å². The third-order valence-electron chi connectivity index (χ3n) is 3.61. The van der Waals surface area contributed by atoms with Crippen molar-refractivity contribution in [3.8, 4) is 0 Å². The van der Waals surface area contributed by atoms with Crippen LogP contribution in [0.1, 0.15) is 24.9 Å².